The van der Waals surface area contributed by atoms with Crippen LogP contribution >= 0.6 is 0 Å². The molecular formula is C30H32N4O6. The summed E-state index contributed by atoms with van der Waals surface area (Å²) in [5.74, 6) is 0.172. The minimum absolute atomic E-state index is 0.0813. The number of aliphatic hydroxyl groups excluding tert-OH is 1. The highest BCUT2D eigenvalue weighted by atomic mass is 16.5. The number of aryl methyl sites for hydroxylation is 2. The monoisotopic (exact) mass is 544 g/mol. The molecule has 1 aliphatic heterocycles. The number of nitrogens with one attached hydrogen (secondary N) is 2. The van der Waals surface area contributed by atoms with Crippen molar-refractivity contribution >= 4 is 34.2 Å². The molecule has 2 heterocycles. The molecule has 40 heavy (non-hydrogen) atoms. The van der Waals surface area contributed by atoms with E-state index in [-0.39, 0.29) is 43.7 Å². The quantitative estimate of drug-likeness (QED) is 0.248. The molecule has 10 nitrogen and oxygen atoms in total. The number of imide groups is 1. The van der Waals surface area contributed by atoms with Crippen LogP contribution in [0.2, 0.25) is 0 Å². The number of benzene rings is 2. The Balaban J connectivity index is 1.33. The second-order valence-corrected chi connectivity index (χ2v) is 10.0. The summed E-state index contributed by atoms with van der Waals surface area (Å²) in [6, 6.07) is 9.05. The van der Waals surface area contributed by atoms with Gasteiger partial charge in [0.1, 0.15) is 24.3 Å². The molecular weight excluding hydrogens is 512 g/mol. The van der Waals surface area contributed by atoms with E-state index in [0.29, 0.717) is 58.0 Å². The number of aromatic nitrogens is 2. The number of H-pyrrole nitrogens is 1. The molecule has 1 atom stereocenters. The van der Waals surface area contributed by atoms with Gasteiger partial charge >= 0.3 is 0 Å². The fourth-order valence-corrected chi connectivity index (χ4v) is 4.94. The van der Waals surface area contributed by atoms with Crippen molar-refractivity contribution in [3.63, 3.8) is 0 Å². The first kappa shape index (κ1) is 27.3. The van der Waals surface area contributed by atoms with Crippen LogP contribution in [-0.4, -0.2) is 77.1 Å². The third-order valence-electron chi connectivity index (χ3n) is 6.97. The fourth-order valence-electron chi connectivity index (χ4n) is 4.94. The number of amides is 2. The molecule has 0 spiro atoms. The summed E-state index contributed by atoms with van der Waals surface area (Å²) in [7, 11) is 1.57. The lowest BCUT2D eigenvalue weighted by atomic mass is 10.00. The van der Waals surface area contributed by atoms with Gasteiger partial charge in [-0.05, 0) is 50.1 Å². The number of nitrogens with zero attached hydrogens (tertiary/aromatic N) is 2. The number of carbonyl (C=O) groups excluding carboxylic acids is 3. The summed E-state index contributed by atoms with van der Waals surface area (Å²) in [6.07, 6.45) is 3.46. The van der Waals surface area contributed by atoms with Gasteiger partial charge in [0, 0.05) is 38.9 Å². The van der Waals surface area contributed by atoms with E-state index in [9.17, 15) is 19.5 Å². The highest BCUT2D eigenvalue weighted by Gasteiger charge is 2.36. The molecule has 1 aromatic heterocycles. The zero-order chi connectivity index (χ0) is 28.4. The summed E-state index contributed by atoms with van der Waals surface area (Å²) in [4.78, 5) is 47.7. The molecule has 0 fully saturated rings. The largest absolute Gasteiger partial charge is 0.491 e. The van der Waals surface area contributed by atoms with E-state index in [0.717, 1.165) is 11.1 Å². The van der Waals surface area contributed by atoms with E-state index in [1.807, 2.05) is 32.0 Å². The predicted molar refractivity (Wildman–Crippen MR) is 149 cm³/mol. The first-order valence-corrected chi connectivity index (χ1v) is 13.2. The van der Waals surface area contributed by atoms with Gasteiger partial charge in [-0.25, -0.2) is 4.98 Å². The van der Waals surface area contributed by atoms with Crippen molar-refractivity contribution in [2.24, 2.45) is 0 Å². The van der Waals surface area contributed by atoms with Gasteiger partial charge < -0.3 is 24.9 Å². The molecule has 0 radical (unpaired) electrons. The van der Waals surface area contributed by atoms with Crippen LogP contribution in [0.15, 0.2) is 48.2 Å². The molecule has 0 saturated heterocycles. The highest BCUT2D eigenvalue weighted by molar-refractivity contribution is 6.24. The van der Waals surface area contributed by atoms with E-state index in [1.165, 1.54) is 4.90 Å². The van der Waals surface area contributed by atoms with Crippen molar-refractivity contribution < 1.29 is 29.0 Å². The number of Topliss-reactive ketones (excluding diaryl/α,β-unsaturated/α-hetero) is 1. The number of ether oxygens (including phenoxy) is 2. The third-order valence-corrected chi connectivity index (χ3v) is 6.97. The maximum atomic E-state index is 13.0. The molecule has 2 amide bonds. The first-order valence-electron chi connectivity index (χ1n) is 13.2. The van der Waals surface area contributed by atoms with Gasteiger partial charge in [-0.15, -0.1) is 0 Å². The molecule has 10 heteroatoms. The number of ketones is 1. The van der Waals surface area contributed by atoms with E-state index >= 15 is 0 Å². The average molecular weight is 545 g/mol. The van der Waals surface area contributed by atoms with Gasteiger partial charge in [0.25, 0.3) is 11.8 Å². The molecule has 208 valence electrons. The van der Waals surface area contributed by atoms with Crippen LogP contribution in [0.3, 0.4) is 0 Å². The van der Waals surface area contributed by atoms with Crippen LogP contribution in [0, 0.1) is 13.8 Å². The zero-order valence-corrected chi connectivity index (χ0v) is 22.7. The van der Waals surface area contributed by atoms with Crippen molar-refractivity contribution in [3.05, 3.63) is 76.3 Å². The lowest BCUT2D eigenvalue weighted by Gasteiger charge is -2.19. The summed E-state index contributed by atoms with van der Waals surface area (Å²) >= 11 is 0. The summed E-state index contributed by atoms with van der Waals surface area (Å²) in [6.45, 7) is 4.92. The van der Waals surface area contributed by atoms with E-state index in [2.05, 4.69) is 15.3 Å². The van der Waals surface area contributed by atoms with Crippen molar-refractivity contribution in [1.29, 1.82) is 0 Å². The Morgan fingerprint density at radius 3 is 2.65 bits per heavy atom. The van der Waals surface area contributed by atoms with E-state index in [4.69, 9.17) is 9.47 Å². The van der Waals surface area contributed by atoms with Crippen LogP contribution in [0.5, 0.6) is 5.75 Å². The highest BCUT2D eigenvalue weighted by Crippen LogP contribution is 2.30. The number of fused-ring (bicyclic) bond motifs is 2. The lowest BCUT2D eigenvalue weighted by molar-refractivity contribution is -0.113. The molecule has 2 aliphatic rings. The van der Waals surface area contributed by atoms with Gasteiger partial charge in [0.05, 0.1) is 27.7 Å². The maximum Gasteiger partial charge on any atom is 0.261 e. The molecule has 3 aromatic rings. The van der Waals surface area contributed by atoms with Gasteiger partial charge in [0.2, 0.25) is 0 Å². The Bertz CT molecular complexity index is 1500. The Kier molecular flexibility index (Phi) is 7.81. The number of hydrogen-bond acceptors (Lipinski definition) is 8. The van der Waals surface area contributed by atoms with Gasteiger partial charge in [0.15, 0.2) is 5.78 Å². The molecule has 5 rings (SSSR count). The second-order valence-electron chi connectivity index (χ2n) is 10.0. The summed E-state index contributed by atoms with van der Waals surface area (Å²) in [5.41, 5.74) is 4.61. The Morgan fingerprint density at radius 2 is 1.90 bits per heavy atom. The predicted octanol–water partition coefficient (Wildman–Crippen LogP) is 3.08. The topological polar surface area (TPSA) is 134 Å². The minimum atomic E-state index is -0.831. The number of rotatable bonds is 11. The number of carbonyl (C=O) groups is 3. The van der Waals surface area contributed by atoms with Crippen molar-refractivity contribution in [1.82, 2.24) is 20.2 Å². The second kappa shape index (κ2) is 11.4. The number of aliphatic hydroxyl groups is 1. The van der Waals surface area contributed by atoms with Crippen LogP contribution < -0.4 is 10.1 Å². The number of hydrogen-bond donors (Lipinski definition) is 3. The lowest BCUT2D eigenvalue weighted by Crippen LogP contribution is -2.32. The number of methoxy groups -OCH3 is 1. The fraction of sp³-hybridized carbons (Fsp3) is 0.333. The third kappa shape index (κ3) is 5.41. The van der Waals surface area contributed by atoms with Crippen LogP contribution in [0.1, 0.15) is 50.5 Å². The van der Waals surface area contributed by atoms with Gasteiger partial charge in [-0.2, -0.15) is 0 Å². The summed E-state index contributed by atoms with van der Waals surface area (Å²) < 4.78 is 10.8. The summed E-state index contributed by atoms with van der Waals surface area (Å²) in [5, 5.41) is 13.7. The molecule has 0 saturated carbocycles. The minimum Gasteiger partial charge on any atom is -0.491 e. The standard InChI is InChI=1S/C30H32N4O6/c1-17-8-9-26(18(2)12-17)40-16-19(35)15-31-22-6-4-7-25(36)27(22)28-32-23-13-20-21(14-24(23)33-28)30(38)34(29(20)37)10-5-11-39-3/h4,6,8-9,12-14,19,31,35H,5,7,10-11,15-16H2,1-3H3,(H,32,33)/t19-/m1/s1. The van der Waals surface area contributed by atoms with Crippen molar-refractivity contribution in [2.45, 2.75) is 32.8 Å². The molecule has 3 N–H and O–H groups in total. The van der Waals surface area contributed by atoms with Crippen molar-refractivity contribution in [3.8, 4) is 5.75 Å². The van der Waals surface area contributed by atoms with E-state index < -0.39 is 6.10 Å². The molecule has 0 unspecified atom stereocenters. The number of aromatic amines is 1. The number of imidazole rings is 1. The smallest absolute Gasteiger partial charge is 0.261 e. The van der Waals surface area contributed by atoms with Crippen molar-refractivity contribution in [2.75, 3.05) is 33.4 Å². The molecule has 2 aromatic carbocycles. The maximum absolute atomic E-state index is 13.0. The van der Waals surface area contributed by atoms with Crippen LogP contribution in [0.4, 0.5) is 0 Å². The average Bonchev–Trinajstić information content (AvgIpc) is 3.44. The Labute approximate surface area is 231 Å². The molecule has 0 bridgehead atoms. The van der Waals surface area contributed by atoms with Gasteiger partial charge in [-0.1, -0.05) is 23.8 Å². The Hall–Kier alpha value is -4.28. The van der Waals surface area contributed by atoms with Crippen LogP contribution in [0.25, 0.3) is 16.6 Å². The Morgan fingerprint density at radius 1 is 1.12 bits per heavy atom. The van der Waals surface area contributed by atoms with E-state index in [1.54, 1.807) is 31.4 Å². The van der Waals surface area contributed by atoms with Crippen LogP contribution in [-0.2, 0) is 9.53 Å². The van der Waals surface area contributed by atoms with Gasteiger partial charge in [-0.3, -0.25) is 19.3 Å². The zero-order valence-electron chi connectivity index (χ0n) is 22.7. The first-order chi connectivity index (χ1) is 19.3. The number of allylic oxidation sites excluding steroid dienone is 3. The molecule has 1 aliphatic carbocycles. The normalized spacial score (nSPS) is 15.8. The SMILES string of the molecule is COCCCN1C(=O)c2cc3nc(C4=C(NC[C@@H](O)COc5ccc(C)cc5C)C=CCC4=O)[nH]c3cc2C1=O.